The van der Waals surface area contributed by atoms with Crippen molar-refractivity contribution in [3.63, 3.8) is 0 Å². The lowest BCUT2D eigenvalue weighted by Gasteiger charge is -2.29. The van der Waals surface area contributed by atoms with E-state index in [1.807, 2.05) is 6.92 Å². The van der Waals surface area contributed by atoms with Crippen molar-refractivity contribution in [3.05, 3.63) is 11.3 Å². The summed E-state index contributed by atoms with van der Waals surface area (Å²) in [5.74, 6) is 0. The van der Waals surface area contributed by atoms with E-state index in [1.165, 1.54) is 0 Å². The summed E-state index contributed by atoms with van der Waals surface area (Å²) in [5, 5.41) is 6.54. The number of nitrogens with two attached hydrogens (primary N) is 1. The Balaban J connectivity index is 2.02. The molecule has 1 atom stereocenters. The molecular formula is C12H23N5O3S. The van der Waals surface area contributed by atoms with Gasteiger partial charge in [0.05, 0.1) is 13.2 Å². The Bertz CT molecular complexity index is 565. The average molecular weight is 317 g/mol. The monoisotopic (exact) mass is 317 g/mol. The molecule has 4 N–H and O–H groups in total. The summed E-state index contributed by atoms with van der Waals surface area (Å²) in [6.07, 6.45) is 0. The van der Waals surface area contributed by atoms with E-state index in [0.29, 0.717) is 31.0 Å². The van der Waals surface area contributed by atoms with Crippen LogP contribution in [0.15, 0.2) is 5.03 Å². The molecule has 0 saturated carbocycles. The van der Waals surface area contributed by atoms with E-state index < -0.39 is 10.0 Å². The predicted octanol–water partition coefficient (Wildman–Crippen LogP) is -0.824. The highest BCUT2D eigenvalue weighted by Crippen LogP contribution is 2.15. The molecule has 8 nitrogen and oxygen atoms in total. The van der Waals surface area contributed by atoms with Gasteiger partial charge in [-0.1, -0.05) is 0 Å². The molecule has 1 saturated heterocycles. The van der Waals surface area contributed by atoms with Crippen LogP contribution in [0.3, 0.4) is 0 Å². The van der Waals surface area contributed by atoms with Gasteiger partial charge in [-0.3, -0.25) is 10.00 Å². The number of H-pyrrole nitrogens is 1. The van der Waals surface area contributed by atoms with Crippen molar-refractivity contribution < 1.29 is 13.2 Å². The number of ether oxygens (including phenoxy) is 1. The molecular weight excluding hydrogens is 294 g/mol. The second-order valence-electron chi connectivity index (χ2n) is 5.27. The van der Waals surface area contributed by atoms with Crippen LogP contribution in [0, 0.1) is 6.92 Å². The van der Waals surface area contributed by atoms with Gasteiger partial charge in [0.1, 0.15) is 0 Å². The third kappa shape index (κ3) is 4.01. The first kappa shape index (κ1) is 16.4. The highest BCUT2D eigenvalue weighted by Gasteiger charge is 2.25. The van der Waals surface area contributed by atoms with Crippen LogP contribution in [-0.4, -0.2) is 62.4 Å². The smallest absolute Gasteiger partial charge is 0.260 e. The van der Waals surface area contributed by atoms with E-state index in [4.69, 9.17) is 10.5 Å². The minimum Gasteiger partial charge on any atom is -0.379 e. The van der Waals surface area contributed by atoms with Crippen molar-refractivity contribution in [2.75, 3.05) is 32.8 Å². The first-order chi connectivity index (χ1) is 9.94. The van der Waals surface area contributed by atoms with Crippen molar-refractivity contribution >= 4 is 10.0 Å². The lowest BCUT2D eigenvalue weighted by molar-refractivity contribution is 0.0354. The molecule has 0 spiro atoms. The number of nitrogens with zero attached hydrogens (tertiary/aromatic N) is 2. The first-order valence-electron chi connectivity index (χ1n) is 7.00. The number of hydrogen-bond acceptors (Lipinski definition) is 6. The number of morpholine rings is 1. The number of rotatable bonds is 6. The largest absolute Gasteiger partial charge is 0.379 e. The second-order valence-corrected chi connectivity index (χ2v) is 6.90. The minimum absolute atomic E-state index is 0.00340. The predicted molar refractivity (Wildman–Crippen MR) is 78.3 cm³/mol. The van der Waals surface area contributed by atoms with Gasteiger partial charge in [-0.05, 0) is 13.8 Å². The first-order valence-corrected chi connectivity index (χ1v) is 8.48. The molecule has 21 heavy (non-hydrogen) atoms. The van der Waals surface area contributed by atoms with Crippen LogP contribution in [0.5, 0.6) is 0 Å². The molecule has 9 heteroatoms. The summed E-state index contributed by atoms with van der Waals surface area (Å²) in [6, 6.07) is -0.212. The van der Waals surface area contributed by atoms with Gasteiger partial charge in [0.25, 0.3) is 10.0 Å². The average Bonchev–Trinajstić information content (AvgIpc) is 2.81. The highest BCUT2D eigenvalue weighted by molar-refractivity contribution is 7.89. The van der Waals surface area contributed by atoms with E-state index in [-0.39, 0.29) is 17.6 Å². The zero-order chi connectivity index (χ0) is 15.5. The van der Waals surface area contributed by atoms with Crippen LogP contribution in [0.1, 0.15) is 18.2 Å². The summed E-state index contributed by atoms with van der Waals surface area (Å²) in [5.41, 5.74) is 6.81. The molecule has 1 unspecified atom stereocenters. The minimum atomic E-state index is -3.66. The Morgan fingerprint density at radius 1 is 1.48 bits per heavy atom. The van der Waals surface area contributed by atoms with Gasteiger partial charge in [-0.15, -0.1) is 0 Å². The zero-order valence-electron chi connectivity index (χ0n) is 12.4. The molecule has 1 aliphatic heterocycles. The van der Waals surface area contributed by atoms with Gasteiger partial charge >= 0.3 is 0 Å². The standard InChI is InChI=1S/C12H23N5O3S/c1-9(8-17-3-5-20-6-4-17)16-21(18,19)12-11(7-13)10(2)14-15-12/h9,16H,3-8,13H2,1-2H3,(H,14,15). The van der Waals surface area contributed by atoms with Crippen molar-refractivity contribution in [1.82, 2.24) is 19.8 Å². The molecule has 0 bridgehead atoms. The zero-order valence-corrected chi connectivity index (χ0v) is 13.2. The van der Waals surface area contributed by atoms with Crippen LogP contribution in [0.4, 0.5) is 0 Å². The van der Waals surface area contributed by atoms with Crippen LogP contribution in [0.2, 0.25) is 0 Å². The van der Waals surface area contributed by atoms with E-state index in [0.717, 1.165) is 13.1 Å². The summed E-state index contributed by atoms with van der Waals surface area (Å²) in [4.78, 5) is 2.18. The maximum Gasteiger partial charge on any atom is 0.260 e. The number of sulfonamides is 1. The van der Waals surface area contributed by atoms with E-state index in [1.54, 1.807) is 6.92 Å². The molecule has 0 radical (unpaired) electrons. The number of aromatic amines is 1. The van der Waals surface area contributed by atoms with Crippen molar-refractivity contribution in [2.45, 2.75) is 31.5 Å². The fourth-order valence-electron chi connectivity index (χ4n) is 2.42. The molecule has 1 aliphatic rings. The van der Waals surface area contributed by atoms with Gasteiger partial charge < -0.3 is 10.5 Å². The molecule has 0 amide bonds. The van der Waals surface area contributed by atoms with Gasteiger partial charge in [0.15, 0.2) is 5.03 Å². The summed E-state index contributed by atoms with van der Waals surface area (Å²) in [7, 11) is -3.66. The van der Waals surface area contributed by atoms with Crippen LogP contribution < -0.4 is 10.5 Å². The SMILES string of the molecule is Cc1[nH]nc(S(=O)(=O)NC(C)CN2CCOCC2)c1CN. The van der Waals surface area contributed by atoms with Crippen LogP contribution in [-0.2, 0) is 21.3 Å². The Kier molecular flexibility index (Phi) is 5.33. The van der Waals surface area contributed by atoms with Crippen LogP contribution in [0.25, 0.3) is 0 Å². The van der Waals surface area contributed by atoms with Gasteiger partial charge in [-0.25, -0.2) is 13.1 Å². The van der Waals surface area contributed by atoms with Gasteiger partial charge in [0.2, 0.25) is 0 Å². The van der Waals surface area contributed by atoms with Crippen molar-refractivity contribution in [2.24, 2.45) is 5.73 Å². The number of aryl methyl sites for hydroxylation is 1. The van der Waals surface area contributed by atoms with Crippen molar-refractivity contribution in [1.29, 1.82) is 0 Å². The fraction of sp³-hybridized carbons (Fsp3) is 0.750. The molecule has 1 aromatic rings. The number of hydrogen-bond donors (Lipinski definition) is 3. The fourth-order valence-corrected chi connectivity index (χ4v) is 3.86. The maximum absolute atomic E-state index is 12.4. The van der Waals surface area contributed by atoms with Gasteiger partial charge in [-0.2, -0.15) is 5.10 Å². The molecule has 0 aromatic carbocycles. The Morgan fingerprint density at radius 3 is 2.76 bits per heavy atom. The lowest BCUT2D eigenvalue weighted by atomic mass is 10.3. The highest BCUT2D eigenvalue weighted by atomic mass is 32.2. The maximum atomic E-state index is 12.4. The third-order valence-electron chi connectivity index (χ3n) is 3.49. The van der Waals surface area contributed by atoms with Crippen LogP contribution >= 0.6 is 0 Å². The van der Waals surface area contributed by atoms with E-state index in [9.17, 15) is 8.42 Å². The Labute approximate surface area is 125 Å². The van der Waals surface area contributed by atoms with Gasteiger partial charge in [0, 0.05) is 43.5 Å². The van der Waals surface area contributed by atoms with E-state index >= 15 is 0 Å². The Morgan fingerprint density at radius 2 is 2.14 bits per heavy atom. The van der Waals surface area contributed by atoms with Crippen molar-refractivity contribution in [3.8, 4) is 0 Å². The molecule has 1 fully saturated rings. The molecule has 120 valence electrons. The lowest BCUT2D eigenvalue weighted by Crippen LogP contribution is -2.46. The summed E-state index contributed by atoms with van der Waals surface area (Å²) < 4.78 is 32.7. The van der Waals surface area contributed by atoms with E-state index in [2.05, 4.69) is 19.8 Å². The molecule has 0 aliphatic carbocycles. The Hall–Kier alpha value is -1.00. The third-order valence-corrected chi connectivity index (χ3v) is 5.05. The normalized spacial score (nSPS) is 18.8. The quantitative estimate of drug-likeness (QED) is 0.631. The topological polar surface area (TPSA) is 113 Å². The molecule has 1 aromatic heterocycles. The second kappa shape index (κ2) is 6.84. The summed E-state index contributed by atoms with van der Waals surface area (Å²) >= 11 is 0. The molecule has 2 heterocycles. The summed E-state index contributed by atoms with van der Waals surface area (Å²) in [6.45, 7) is 7.40. The number of nitrogens with one attached hydrogen (secondary N) is 2. The molecule has 2 rings (SSSR count). The number of aromatic nitrogens is 2.